The standard InChI is InChI=1S/C23H30FN9.2ClH/c1-13-12-33(8-7-25-13)18-11-26-23(30-22(18)28-20-9-14(2)32(4)31-20)29-19-10-17(16-5-6-16)21(24)15(3)27-19;;/h9-11,13,16,25H,5-8,12H2,1-4H3,(H2,26,27,28,29,30,31);2*1H/t13-;;/m1../s1. The second kappa shape index (κ2) is 10.9. The summed E-state index contributed by atoms with van der Waals surface area (Å²) < 4.78 is 16.3. The second-order valence-corrected chi connectivity index (χ2v) is 9.04. The molecule has 1 saturated carbocycles. The number of pyridine rings is 1. The summed E-state index contributed by atoms with van der Waals surface area (Å²) in [6.07, 6.45) is 3.86. The minimum Gasteiger partial charge on any atom is -0.364 e. The molecule has 0 amide bonds. The molecule has 3 aromatic heterocycles. The lowest BCUT2D eigenvalue weighted by molar-refractivity contribution is 0.484. The number of hydrogen-bond acceptors (Lipinski definition) is 8. The van der Waals surface area contributed by atoms with Gasteiger partial charge in [-0.3, -0.25) is 4.68 Å². The van der Waals surface area contributed by atoms with Gasteiger partial charge in [-0.2, -0.15) is 10.1 Å². The van der Waals surface area contributed by atoms with Crippen LogP contribution in [0, 0.1) is 19.7 Å². The van der Waals surface area contributed by atoms with Crippen molar-refractivity contribution in [3.8, 4) is 0 Å². The molecule has 3 aromatic rings. The van der Waals surface area contributed by atoms with Crippen LogP contribution in [-0.2, 0) is 7.05 Å². The van der Waals surface area contributed by atoms with Gasteiger partial charge >= 0.3 is 0 Å². The number of rotatable bonds is 6. The molecule has 1 saturated heterocycles. The number of aromatic nitrogens is 5. The van der Waals surface area contributed by atoms with E-state index in [0.29, 0.717) is 29.3 Å². The molecule has 0 spiro atoms. The van der Waals surface area contributed by atoms with E-state index in [-0.39, 0.29) is 36.5 Å². The van der Waals surface area contributed by atoms with Gasteiger partial charge in [-0.25, -0.2) is 14.4 Å². The highest BCUT2D eigenvalue weighted by Crippen LogP contribution is 2.42. The summed E-state index contributed by atoms with van der Waals surface area (Å²) in [6, 6.07) is 4.13. The van der Waals surface area contributed by atoms with Crippen molar-refractivity contribution < 1.29 is 4.39 Å². The van der Waals surface area contributed by atoms with Crippen LogP contribution in [0.1, 0.15) is 42.6 Å². The van der Waals surface area contributed by atoms with Crippen molar-refractivity contribution in [2.24, 2.45) is 7.05 Å². The minimum absolute atomic E-state index is 0. The molecular formula is C23H32Cl2FN9. The molecule has 1 aliphatic heterocycles. The van der Waals surface area contributed by atoms with E-state index in [2.05, 4.69) is 42.8 Å². The molecular weight excluding hydrogens is 492 g/mol. The molecule has 190 valence electrons. The van der Waals surface area contributed by atoms with E-state index in [1.807, 2.05) is 30.9 Å². The molecule has 0 radical (unpaired) electrons. The summed E-state index contributed by atoms with van der Waals surface area (Å²) in [6.45, 7) is 8.47. The fourth-order valence-corrected chi connectivity index (χ4v) is 4.20. The average Bonchev–Trinajstić information content (AvgIpc) is 3.56. The Kier molecular flexibility index (Phi) is 8.40. The Morgan fingerprint density at radius 2 is 1.86 bits per heavy atom. The number of hydrogen-bond donors (Lipinski definition) is 3. The summed E-state index contributed by atoms with van der Waals surface area (Å²) in [4.78, 5) is 16.0. The zero-order chi connectivity index (χ0) is 23.1. The summed E-state index contributed by atoms with van der Waals surface area (Å²) in [5.74, 6) is 2.42. The normalized spacial score (nSPS) is 17.4. The van der Waals surface area contributed by atoms with Crippen LogP contribution in [-0.4, -0.2) is 50.4 Å². The summed E-state index contributed by atoms with van der Waals surface area (Å²) in [5.41, 5.74) is 3.06. The highest BCUT2D eigenvalue weighted by molar-refractivity contribution is 5.85. The van der Waals surface area contributed by atoms with Crippen molar-refractivity contribution in [1.82, 2.24) is 30.0 Å². The smallest absolute Gasteiger partial charge is 0.230 e. The number of piperazine rings is 1. The first kappa shape index (κ1) is 26.9. The van der Waals surface area contributed by atoms with Gasteiger partial charge in [0.25, 0.3) is 0 Å². The number of halogens is 3. The highest BCUT2D eigenvalue weighted by Gasteiger charge is 2.28. The Morgan fingerprint density at radius 1 is 1.09 bits per heavy atom. The van der Waals surface area contributed by atoms with Crippen molar-refractivity contribution in [2.75, 3.05) is 35.2 Å². The van der Waals surface area contributed by atoms with Crippen molar-refractivity contribution in [3.05, 3.63) is 41.1 Å². The molecule has 3 N–H and O–H groups in total. The SMILES string of the molecule is Cc1nc(Nc2ncc(N3CCN[C@H](C)C3)c(Nc3cc(C)n(C)n3)n2)cc(C2CC2)c1F.Cl.Cl. The van der Waals surface area contributed by atoms with Gasteiger partial charge in [0.2, 0.25) is 5.95 Å². The Labute approximate surface area is 217 Å². The van der Waals surface area contributed by atoms with E-state index in [9.17, 15) is 4.39 Å². The van der Waals surface area contributed by atoms with E-state index in [4.69, 9.17) is 4.98 Å². The maximum Gasteiger partial charge on any atom is 0.230 e. The van der Waals surface area contributed by atoms with Crippen LogP contribution in [0.2, 0.25) is 0 Å². The topological polar surface area (TPSA) is 95.8 Å². The van der Waals surface area contributed by atoms with Crippen LogP contribution in [0.4, 0.5) is 33.5 Å². The summed E-state index contributed by atoms with van der Waals surface area (Å²) in [5, 5.41) is 14.5. The molecule has 9 nitrogen and oxygen atoms in total. The Morgan fingerprint density at radius 3 is 2.51 bits per heavy atom. The maximum absolute atomic E-state index is 14.5. The monoisotopic (exact) mass is 523 g/mol. The molecule has 0 unspecified atom stereocenters. The quantitative estimate of drug-likeness (QED) is 0.438. The molecule has 1 aliphatic carbocycles. The van der Waals surface area contributed by atoms with E-state index < -0.39 is 0 Å². The second-order valence-electron chi connectivity index (χ2n) is 9.04. The van der Waals surface area contributed by atoms with Crippen molar-refractivity contribution in [3.63, 3.8) is 0 Å². The fraction of sp³-hybridized carbons (Fsp3) is 0.478. The van der Waals surface area contributed by atoms with Crippen molar-refractivity contribution in [2.45, 2.75) is 45.6 Å². The molecule has 2 aliphatic rings. The number of aryl methyl sites for hydroxylation is 3. The van der Waals surface area contributed by atoms with Gasteiger partial charge in [0.05, 0.1) is 17.6 Å². The molecule has 1 atom stereocenters. The average molecular weight is 524 g/mol. The van der Waals surface area contributed by atoms with Gasteiger partial charge in [-0.05, 0) is 51.2 Å². The van der Waals surface area contributed by atoms with Gasteiger partial charge in [-0.1, -0.05) is 0 Å². The minimum atomic E-state index is -0.208. The van der Waals surface area contributed by atoms with E-state index in [1.54, 1.807) is 13.0 Å². The zero-order valence-electron chi connectivity index (χ0n) is 20.3. The number of anilines is 5. The van der Waals surface area contributed by atoms with Gasteiger partial charge in [0.15, 0.2) is 11.6 Å². The number of nitrogens with one attached hydrogen (secondary N) is 3. The predicted molar refractivity (Wildman–Crippen MR) is 142 cm³/mol. The van der Waals surface area contributed by atoms with Crippen LogP contribution in [0.15, 0.2) is 18.3 Å². The molecule has 4 heterocycles. The third-order valence-electron chi connectivity index (χ3n) is 6.25. The van der Waals surface area contributed by atoms with E-state index >= 15 is 0 Å². The molecule has 12 heteroatoms. The third-order valence-corrected chi connectivity index (χ3v) is 6.25. The lowest BCUT2D eigenvalue weighted by Gasteiger charge is -2.34. The maximum atomic E-state index is 14.5. The Bertz CT molecular complexity index is 1160. The van der Waals surface area contributed by atoms with Crippen LogP contribution < -0.4 is 20.9 Å². The number of nitrogens with zero attached hydrogens (tertiary/aromatic N) is 6. The molecule has 0 bridgehead atoms. The summed E-state index contributed by atoms with van der Waals surface area (Å²) >= 11 is 0. The molecule has 0 aromatic carbocycles. The van der Waals surface area contributed by atoms with Gasteiger partial charge < -0.3 is 20.9 Å². The highest BCUT2D eigenvalue weighted by atomic mass is 35.5. The third kappa shape index (κ3) is 5.94. The van der Waals surface area contributed by atoms with Crippen LogP contribution in [0.25, 0.3) is 0 Å². The first-order valence-corrected chi connectivity index (χ1v) is 11.4. The Balaban J connectivity index is 0.00000171. The van der Waals surface area contributed by atoms with Gasteiger partial charge in [0, 0.05) is 44.5 Å². The molecule has 35 heavy (non-hydrogen) atoms. The first-order chi connectivity index (χ1) is 15.9. The van der Waals surface area contributed by atoms with Crippen molar-refractivity contribution >= 4 is 53.9 Å². The fourth-order valence-electron chi connectivity index (χ4n) is 4.20. The van der Waals surface area contributed by atoms with E-state index in [0.717, 1.165) is 55.2 Å². The molecule has 2 fully saturated rings. The largest absolute Gasteiger partial charge is 0.364 e. The lowest BCUT2D eigenvalue weighted by atomic mass is 10.1. The first-order valence-electron chi connectivity index (χ1n) is 11.4. The van der Waals surface area contributed by atoms with Gasteiger partial charge in [0.1, 0.15) is 11.6 Å². The Hall–Kier alpha value is -2.69. The summed E-state index contributed by atoms with van der Waals surface area (Å²) in [7, 11) is 1.91. The lowest BCUT2D eigenvalue weighted by Crippen LogP contribution is -2.49. The van der Waals surface area contributed by atoms with Crippen LogP contribution in [0.5, 0.6) is 0 Å². The predicted octanol–water partition coefficient (Wildman–Crippen LogP) is 4.37. The van der Waals surface area contributed by atoms with Crippen LogP contribution in [0.3, 0.4) is 0 Å². The van der Waals surface area contributed by atoms with Crippen LogP contribution >= 0.6 is 24.8 Å². The van der Waals surface area contributed by atoms with Gasteiger partial charge in [-0.15, -0.1) is 24.8 Å². The molecule has 5 rings (SSSR count). The zero-order valence-corrected chi connectivity index (χ0v) is 21.9. The van der Waals surface area contributed by atoms with E-state index in [1.165, 1.54) is 0 Å². The van der Waals surface area contributed by atoms with Crippen molar-refractivity contribution in [1.29, 1.82) is 0 Å².